The Bertz CT molecular complexity index is 1810. The standard InChI is InChI=1S/C24H20ClN3O4S3/c1-14(2)28-20-9-7-16(11-21(20)34-24(28)30)26-35(31,32)17-8-10-19-22(12-17)33-23(29)27(19)13-15-5-3-4-6-18(15)25/h3-12,14,26H,13H2,1-2H3. The number of sulfonamides is 1. The van der Waals surface area contributed by atoms with Crippen LogP contribution in [0.1, 0.15) is 25.5 Å². The maximum absolute atomic E-state index is 13.1. The summed E-state index contributed by atoms with van der Waals surface area (Å²) in [7, 11) is -3.92. The van der Waals surface area contributed by atoms with Crippen molar-refractivity contribution in [3.8, 4) is 0 Å². The van der Waals surface area contributed by atoms with Crippen LogP contribution in [0.2, 0.25) is 5.02 Å². The van der Waals surface area contributed by atoms with E-state index in [1.54, 1.807) is 39.5 Å². The zero-order valence-electron chi connectivity index (χ0n) is 18.7. The van der Waals surface area contributed by atoms with E-state index in [-0.39, 0.29) is 20.7 Å². The highest BCUT2D eigenvalue weighted by molar-refractivity contribution is 7.92. The van der Waals surface area contributed by atoms with Gasteiger partial charge in [-0.25, -0.2) is 8.42 Å². The molecular formula is C24H20ClN3O4S3. The molecule has 5 aromatic rings. The van der Waals surface area contributed by atoms with Crippen LogP contribution in [0.3, 0.4) is 0 Å². The molecule has 11 heteroatoms. The number of nitrogens with zero attached hydrogens (tertiary/aromatic N) is 2. The van der Waals surface area contributed by atoms with Gasteiger partial charge in [0, 0.05) is 11.1 Å². The fraction of sp³-hybridized carbons (Fsp3) is 0.167. The quantitative estimate of drug-likeness (QED) is 0.304. The summed E-state index contributed by atoms with van der Waals surface area (Å²) < 4.78 is 33.4. The van der Waals surface area contributed by atoms with Gasteiger partial charge < -0.3 is 0 Å². The SMILES string of the molecule is CC(C)n1c(=O)sc2cc(NS(=O)(=O)c3ccc4c(c3)sc(=O)n4Cc3ccccc3Cl)ccc21. The predicted octanol–water partition coefficient (Wildman–Crippen LogP) is 5.52. The third-order valence-corrected chi connectivity index (χ3v) is 9.23. The van der Waals surface area contributed by atoms with Crippen LogP contribution in [0.4, 0.5) is 5.69 Å². The zero-order chi connectivity index (χ0) is 24.9. The molecule has 0 saturated heterocycles. The molecule has 35 heavy (non-hydrogen) atoms. The Morgan fingerprint density at radius 2 is 1.60 bits per heavy atom. The number of halogens is 1. The molecule has 2 heterocycles. The average molecular weight is 546 g/mol. The number of rotatable bonds is 6. The second-order valence-electron chi connectivity index (χ2n) is 8.29. The number of benzene rings is 3. The van der Waals surface area contributed by atoms with E-state index in [9.17, 15) is 18.0 Å². The van der Waals surface area contributed by atoms with Crippen molar-refractivity contribution in [1.82, 2.24) is 9.13 Å². The van der Waals surface area contributed by atoms with Gasteiger partial charge in [0.2, 0.25) is 0 Å². The minimum absolute atomic E-state index is 0.00268. The summed E-state index contributed by atoms with van der Waals surface area (Å²) in [5.74, 6) is 0. The van der Waals surface area contributed by atoms with E-state index in [0.717, 1.165) is 33.8 Å². The minimum Gasteiger partial charge on any atom is -0.296 e. The molecule has 0 bridgehead atoms. The van der Waals surface area contributed by atoms with Gasteiger partial charge in [-0.15, -0.1) is 0 Å². The fourth-order valence-electron chi connectivity index (χ4n) is 3.96. The third-order valence-electron chi connectivity index (χ3n) is 5.62. The van der Waals surface area contributed by atoms with Crippen molar-refractivity contribution in [2.24, 2.45) is 0 Å². The van der Waals surface area contributed by atoms with Crippen LogP contribution in [0, 0.1) is 0 Å². The minimum atomic E-state index is -3.92. The van der Waals surface area contributed by atoms with Crippen LogP contribution >= 0.6 is 34.3 Å². The van der Waals surface area contributed by atoms with Crippen LogP contribution < -0.4 is 14.5 Å². The first-order chi connectivity index (χ1) is 16.6. The van der Waals surface area contributed by atoms with E-state index in [4.69, 9.17) is 11.6 Å². The number of thiazole rings is 2. The smallest absolute Gasteiger partial charge is 0.296 e. The summed E-state index contributed by atoms with van der Waals surface area (Å²) in [5.41, 5.74) is 2.57. The number of aromatic nitrogens is 2. The number of fused-ring (bicyclic) bond motifs is 2. The molecule has 0 unspecified atom stereocenters. The van der Waals surface area contributed by atoms with Gasteiger partial charge in [-0.2, -0.15) is 0 Å². The van der Waals surface area contributed by atoms with Gasteiger partial charge in [-0.1, -0.05) is 52.5 Å². The fourth-order valence-corrected chi connectivity index (χ4v) is 7.29. The number of hydrogen-bond acceptors (Lipinski definition) is 6. The molecule has 0 saturated carbocycles. The van der Waals surface area contributed by atoms with Crippen LogP contribution in [-0.2, 0) is 16.6 Å². The van der Waals surface area contributed by atoms with Crippen molar-refractivity contribution >= 4 is 70.4 Å². The van der Waals surface area contributed by atoms with Gasteiger partial charge in [-0.05, 0) is 61.9 Å². The Hall–Kier alpha value is -2.92. The average Bonchev–Trinajstić information content (AvgIpc) is 3.29. The Balaban J connectivity index is 1.47. The Labute approximate surface area is 213 Å². The van der Waals surface area contributed by atoms with Crippen molar-refractivity contribution < 1.29 is 8.42 Å². The van der Waals surface area contributed by atoms with E-state index in [1.807, 2.05) is 32.0 Å². The molecular weight excluding hydrogens is 526 g/mol. The number of hydrogen-bond donors (Lipinski definition) is 1. The lowest BCUT2D eigenvalue weighted by atomic mass is 10.2. The van der Waals surface area contributed by atoms with Gasteiger partial charge >= 0.3 is 9.75 Å². The maximum Gasteiger partial charge on any atom is 0.308 e. The number of nitrogens with one attached hydrogen (secondary N) is 1. The first-order valence-electron chi connectivity index (χ1n) is 10.7. The molecule has 0 fully saturated rings. The lowest BCUT2D eigenvalue weighted by Crippen LogP contribution is -2.15. The molecule has 5 rings (SSSR count). The van der Waals surface area contributed by atoms with Crippen LogP contribution in [0.25, 0.3) is 20.4 Å². The van der Waals surface area contributed by atoms with Gasteiger partial charge in [-0.3, -0.25) is 23.4 Å². The topological polar surface area (TPSA) is 90.2 Å². The van der Waals surface area contributed by atoms with Crippen LogP contribution in [0.15, 0.2) is 75.1 Å². The van der Waals surface area contributed by atoms with Crippen molar-refractivity contribution in [2.45, 2.75) is 31.3 Å². The van der Waals surface area contributed by atoms with Crippen molar-refractivity contribution in [1.29, 1.82) is 0 Å². The molecule has 2 aromatic heterocycles. The second kappa shape index (κ2) is 8.94. The molecule has 180 valence electrons. The highest BCUT2D eigenvalue weighted by atomic mass is 35.5. The molecule has 0 spiro atoms. The van der Waals surface area contributed by atoms with Gasteiger partial charge in [0.1, 0.15) is 0 Å². The van der Waals surface area contributed by atoms with Crippen LogP contribution in [0.5, 0.6) is 0 Å². The highest BCUT2D eigenvalue weighted by Crippen LogP contribution is 2.28. The molecule has 0 aliphatic rings. The Morgan fingerprint density at radius 3 is 2.34 bits per heavy atom. The lowest BCUT2D eigenvalue weighted by molar-refractivity contribution is 0.601. The molecule has 0 aliphatic carbocycles. The maximum atomic E-state index is 13.1. The molecule has 1 N–H and O–H groups in total. The highest BCUT2D eigenvalue weighted by Gasteiger charge is 2.19. The molecule has 0 amide bonds. The van der Waals surface area contributed by atoms with Crippen molar-refractivity contribution in [3.63, 3.8) is 0 Å². The largest absolute Gasteiger partial charge is 0.308 e. The van der Waals surface area contributed by atoms with E-state index in [0.29, 0.717) is 32.2 Å². The van der Waals surface area contributed by atoms with Crippen molar-refractivity contribution in [2.75, 3.05) is 4.72 Å². The van der Waals surface area contributed by atoms with E-state index in [1.165, 1.54) is 12.1 Å². The first kappa shape index (κ1) is 23.8. The Kier molecular flexibility index (Phi) is 6.08. The number of anilines is 1. The predicted molar refractivity (Wildman–Crippen MR) is 144 cm³/mol. The summed E-state index contributed by atoms with van der Waals surface area (Å²) in [4.78, 5) is 24.7. The van der Waals surface area contributed by atoms with Gasteiger partial charge in [0.25, 0.3) is 10.0 Å². The summed E-state index contributed by atoms with van der Waals surface area (Å²) in [6.07, 6.45) is 0. The first-order valence-corrected chi connectivity index (χ1v) is 14.2. The molecule has 3 aromatic carbocycles. The second-order valence-corrected chi connectivity index (χ2v) is 12.4. The van der Waals surface area contributed by atoms with Crippen LogP contribution in [-0.4, -0.2) is 17.6 Å². The van der Waals surface area contributed by atoms with Gasteiger partial charge in [0.05, 0.1) is 37.6 Å². The summed E-state index contributed by atoms with van der Waals surface area (Å²) >= 11 is 8.31. The van der Waals surface area contributed by atoms with Gasteiger partial charge in [0.15, 0.2) is 0 Å². The van der Waals surface area contributed by atoms with E-state index in [2.05, 4.69) is 4.72 Å². The normalized spacial score (nSPS) is 12.1. The molecule has 0 aliphatic heterocycles. The van der Waals surface area contributed by atoms with E-state index >= 15 is 0 Å². The van der Waals surface area contributed by atoms with E-state index < -0.39 is 10.0 Å². The molecule has 0 radical (unpaired) electrons. The lowest BCUT2D eigenvalue weighted by Gasteiger charge is -2.10. The summed E-state index contributed by atoms with van der Waals surface area (Å²) in [5, 5.41) is 0.563. The molecule has 0 atom stereocenters. The monoisotopic (exact) mass is 545 g/mol. The summed E-state index contributed by atoms with van der Waals surface area (Å²) in [6, 6.07) is 17.0. The van der Waals surface area contributed by atoms with Crippen molar-refractivity contribution in [3.05, 3.63) is 90.6 Å². The molecule has 7 nitrogen and oxygen atoms in total. The third kappa shape index (κ3) is 4.42. The Morgan fingerprint density at radius 1 is 0.914 bits per heavy atom. The summed E-state index contributed by atoms with van der Waals surface area (Å²) in [6.45, 7) is 4.15. The zero-order valence-corrected chi connectivity index (χ0v) is 21.9.